The maximum Gasteiger partial charge on any atom is 0.233 e. The summed E-state index contributed by atoms with van der Waals surface area (Å²) in [4.78, 5) is 20.7. The third-order valence-corrected chi connectivity index (χ3v) is 11.7. The van der Waals surface area contributed by atoms with Gasteiger partial charge in [0.2, 0.25) is 11.8 Å². The van der Waals surface area contributed by atoms with E-state index in [0.29, 0.717) is 38.3 Å². The van der Waals surface area contributed by atoms with Crippen LogP contribution >= 0.6 is 0 Å². The molecule has 226 valence electrons. The van der Waals surface area contributed by atoms with Crippen LogP contribution in [0.15, 0.2) is 66.9 Å². The quantitative estimate of drug-likeness (QED) is 0.275. The Labute approximate surface area is 258 Å². The molecule has 0 spiro atoms. The lowest BCUT2D eigenvalue weighted by Crippen LogP contribution is -2.57. The van der Waals surface area contributed by atoms with Gasteiger partial charge in [0.25, 0.3) is 0 Å². The largest absolute Gasteiger partial charge is 0.481 e. The Morgan fingerprint density at radius 1 is 1.00 bits per heavy atom. The fourth-order valence-electron chi connectivity index (χ4n) is 8.65. The van der Waals surface area contributed by atoms with Crippen molar-refractivity contribution in [3.8, 4) is 23.1 Å². The van der Waals surface area contributed by atoms with Crippen molar-refractivity contribution in [2.45, 2.75) is 75.0 Å². The maximum absolute atomic E-state index is 14.7. The van der Waals surface area contributed by atoms with Crippen molar-refractivity contribution in [1.29, 1.82) is 5.26 Å². The number of hydrogen-bond donors (Lipinski definition) is 0. The van der Waals surface area contributed by atoms with E-state index in [2.05, 4.69) is 41.4 Å². The van der Waals surface area contributed by atoms with E-state index in [1.54, 1.807) is 13.3 Å². The molecule has 2 aromatic carbocycles. The first-order chi connectivity index (χ1) is 21.3. The molecule has 3 heterocycles. The van der Waals surface area contributed by atoms with Gasteiger partial charge in [-0.25, -0.2) is 9.37 Å². The minimum Gasteiger partial charge on any atom is -0.481 e. The molecule has 7 heteroatoms. The highest BCUT2D eigenvalue weighted by Gasteiger charge is 2.62. The SMILES string of the molecule is COc1cc(-c2cccc(N(CC34CCC(c5ccc(C6(C#N)CC6)cc5)(CC3)OC4)C(=O)C34CC(C3)[C@@H](F)C4)c2)ccn1. The predicted molar refractivity (Wildman–Crippen MR) is 165 cm³/mol. The number of carbonyl (C=O) groups excluding carboxylic acids is 1. The molecule has 0 N–H and O–H groups in total. The molecule has 2 saturated heterocycles. The number of ether oxygens (including phenoxy) is 2. The van der Waals surface area contributed by atoms with E-state index in [9.17, 15) is 14.4 Å². The number of fused-ring (bicyclic) bond motifs is 4. The number of hydrogen-bond acceptors (Lipinski definition) is 5. The van der Waals surface area contributed by atoms with E-state index in [4.69, 9.17) is 9.47 Å². The van der Waals surface area contributed by atoms with E-state index >= 15 is 0 Å². The van der Waals surface area contributed by atoms with Crippen molar-refractivity contribution in [3.63, 3.8) is 0 Å². The second-order valence-corrected chi connectivity index (χ2v) is 14.3. The Morgan fingerprint density at radius 2 is 1.73 bits per heavy atom. The van der Waals surface area contributed by atoms with Crippen LogP contribution in [0.4, 0.5) is 10.1 Å². The molecule has 4 bridgehead atoms. The van der Waals surface area contributed by atoms with Crippen LogP contribution in [0.3, 0.4) is 0 Å². The van der Waals surface area contributed by atoms with Gasteiger partial charge in [-0.15, -0.1) is 0 Å². The molecule has 1 aromatic heterocycles. The number of alkyl halides is 1. The minimum absolute atomic E-state index is 0.0252. The summed E-state index contributed by atoms with van der Waals surface area (Å²) in [5.41, 5.74) is 3.75. The third-order valence-electron chi connectivity index (χ3n) is 11.7. The molecule has 5 aliphatic carbocycles. The highest BCUT2D eigenvalue weighted by molar-refractivity contribution is 5.99. The zero-order chi connectivity index (χ0) is 30.2. The number of aromatic nitrogens is 1. The lowest BCUT2D eigenvalue weighted by Gasteiger charge is -2.55. The number of amides is 1. The van der Waals surface area contributed by atoms with Crippen LogP contribution < -0.4 is 9.64 Å². The summed E-state index contributed by atoms with van der Waals surface area (Å²) in [7, 11) is 1.60. The summed E-state index contributed by atoms with van der Waals surface area (Å²) >= 11 is 0. The number of carbonyl (C=O) groups is 1. The van der Waals surface area contributed by atoms with E-state index < -0.39 is 11.6 Å². The van der Waals surface area contributed by atoms with Gasteiger partial charge < -0.3 is 14.4 Å². The van der Waals surface area contributed by atoms with Crippen LogP contribution in [0.25, 0.3) is 11.1 Å². The number of benzene rings is 2. The second-order valence-electron chi connectivity index (χ2n) is 14.3. The van der Waals surface area contributed by atoms with Crippen molar-refractivity contribution in [2.24, 2.45) is 16.7 Å². The average Bonchev–Trinajstić information content (AvgIpc) is 3.71. The number of nitriles is 1. The van der Waals surface area contributed by atoms with Crippen LogP contribution in [-0.2, 0) is 20.5 Å². The van der Waals surface area contributed by atoms with Gasteiger partial charge in [0, 0.05) is 29.9 Å². The molecule has 1 atom stereocenters. The van der Waals surface area contributed by atoms with Crippen LogP contribution in [0, 0.1) is 28.1 Å². The zero-order valence-corrected chi connectivity index (χ0v) is 25.2. The Morgan fingerprint density at radius 3 is 2.34 bits per heavy atom. The first-order valence-electron chi connectivity index (χ1n) is 16.0. The van der Waals surface area contributed by atoms with E-state index in [1.807, 2.05) is 35.2 Å². The normalized spacial score (nSPS) is 32.4. The summed E-state index contributed by atoms with van der Waals surface area (Å²) in [6, 6.07) is 23.0. The molecule has 10 rings (SSSR count). The molecular weight excluding hydrogens is 553 g/mol. The van der Waals surface area contributed by atoms with Crippen molar-refractivity contribution in [3.05, 3.63) is 78.0 Å². The van der Waals surface area contributed by atoms with Crippen molar-refractivity contribution < 1.29 is 18.7 Å². The van der Waals surface area contributed by atoms with Gasteiger partial charge in [0.05, 0.1) is 36.2 Å². The zero-order valence-electron chi connectivity index (χ0n) is 25.2. The van der Waals surface area contributed by atoms with Crippen molar-refractivity contribution >= 4 is 11.6 Å². The van der Waals surface area contributed by atoms with Gasteiger partial charge in [-0.05, 0) is 104 Å². The van der Waals surface area contributed by atoms with Gasteiger partial charge in [-0.3, -0.25) is 4.79 Å². The highest BCUT2D eigenvalue weighted by Crippen LogP contribution is 2.62. The summed E-state index contributed by atoms with van der Waals surface area (Å²) in [5, 5.41) is 9.62. The smallest absolute Gasteiger partial charge is 0.233 e. The van der Waals surface area contributed by atoms with Crippen molar-refractivity contribution in [2.75, 3.05) is 25.2 Å². The van der Waals surface area contributed by atoms with Gasteiger partial charge in [-0.2, -0.15) is 5.26 Å². The predicted octanol–water partition coefficient (Wildman–Crippen LogP) is 7.27. The molecule has 44 heavy (non-hydrogen) atoms. The lowest BCUT2D eigenvalue weighted by atomic mass is 9.63. The molecule has 5 saturated carbocycles. The molecule has 6 nitrogen and oxygen atoms in total. The minimum atomic E-state index is -0.878. The molecule has 7 fully saturated rings. The van der Waals surface area contributed by atoms with Gasteiger partial charge in [-0.1, -0.05) is 36.4 Å². The fourth-order valence-corrected chi connectivity index (χ4v) is 8.65. The molecule has 1 amide bonds. The van der Waals surface area contributed by atoms with Gasteiger partial charge in [0.1, 0.15) is 6.17 Å². The van der Waals surface area contributed by atoms with Crippen LogP contribution in [-0.4, -0.2) is 37.3 Å². The Kier molecular flexibility index (Phi) is 6.23. The van der Waals surface area contributed by atoms with E-state index in [1.165, 1.54) is 5.56 Å². The summed E-state index contributed by atoms with van der Waals surface area (Å²) in [6.07, 6.45) is 8.09. The Bertz CT molecular complexity index is 1630. The number of nitrogens with zero attached hydrogens (tertiary/aromatic N) is 3. The number of pyridine rings is 1. The second kappa shape index (κ2) is 9.87. The molecule has 2 aliphatic heterocycles. The lowest BCUT2D eigenvalue weighted by molar-refractivity contribution is -0.187. The van der Waals surface area contributed by atoms with Crippen LogP contribution in [0.2, 0.25) is 0 Å². The Balaban J connectivity index is 1.07. The number of halogens is 1. The van der Waals surface area contributed by atoms with Gasteiger partial charge >= 0.3 is 0 Å². The molecule has 3 aromatic rings. The summed E-state index contributed by atoms with van der Waals surface area (Å²) in [6.45, 7) is 1.15. The van der Waals surface area contributed by atoms with Crippen LogP contribution in [0.5, 0.6) is 5.88 Å². The first kappa shape index (κ1) is 27.8. The number of methoxy groups -OCH3 is 1. The van der Waals surface area contributed by atoms with Crippen LogP contribution in [0.1, 0.15) is 68.9 Å². The molecule has 7 aliphatic rings. The van der Waals surface area contributed by atoms with E-state index in [-0.39, 0.29) is 28.3 Å². The first-order valence-corrected chi connectivity index (χ1v) is 16.0. The topological polar surface area (TPSA) is 75.4 Å². The summed E-state index contributed by atoms with van der Waals surface area (Å²) < 4.78 is 26.8. The molecule has 0 unspecified atom stereocenters. The highest BCUT2D eigenvalue weighted by atomic mass is 19.1. The molecule has 0 radical (unpaired) electrons. The molecular formula is C37H38FN3O3. The number of rotatable bonds is 8. The van der Waals surface area contributed by atoms with Crippen molar-refractivity contribution in [1.82, 2.24) is 4.98 Å². The van der Waals surface area contributed by atoms with Gasteiger partial charge in [0.15, 0.2) is 0 Å². The fraction of sp³-hybridized carbons (Fsp3) is 0.486. The average molecular weight is 592 g/mol. The number of anilines is 1. The Hall–Kier alpha value is -3.76. The standard InChI is InChI=1S/C37H38FN3O3/c1-43-32-18-26(9-16-40-32)25-3-2-4-30(17-25)41(33(42)36-19-27(20-36)31(38)21-36)23-34-10-14-37(15-11-34,44-24-34)29-7-5-28(6-8-29)35(22-39)12-13-35/h2-9,16-18,27,31H,10-15,19-21,23-24H2,1H3/t27?,31-,34?,36?,37?/m0/s1. The maximum atomic E-state index is 14.7. The summed E-state index contributed by atoms with van der Waals surface area (Å²) in [5.74, 6) is 0.630. The monoisotopic (exact) mass is 591 g/mol. The van der Waals surface area contributed by atoms with E-state index in [0.717, 1.165) is 60.9 Å². The third kappa shape index (κ3) is 4.29.